The largest absolute Gasteiger partial charge is 0.327 e. The first-order valence-electron chi connectivity index (χ1n) is 5.46. The maximum Gasteiger partial charge on any atom is 0.211 e. The van der Waals surface area contributed by atoms with Gasteiger partial charge in [0.15, 0.2) is 0 Å². The third kappa shape index (κ3) is 1.39. The molecule has 1 aliphatic rings. The first-order chi connectivity index (χ1) is 7.25. The Morgan fingerprint density at radius 2 is 1.93 bits per heavy atom. The fourth-order valence-corrected chi connectivity index (χ4v) is 2.04. The molecule has 2 aromatic rings. The van der Waals surface area contributed by atoms with Gasteiger partial charge < -0.3 is 4.98 Å². The van der Waals surface area contributed by atoms with Crippen LogP contribution in [0.5, 0.6) is 0 Å². The molecular formula is C12H15N3. The molecule has 1 N–H and O–H groups in total. The Labute approximate surface area is 89.2 Å². The summed E-state index contributed by atoms with van der Waals surface area (Å²) in [7, 11) is 0. The standard InChI is InChI=1S/C12H15N3/c1-8-3-4-9(2)15(8)12-13-7-11(14-12)10-5-6-10/h3-4,7,10H,5-6H2,1-2H3,(H,13,14). The molecule has 3 nitrogen and oxygen atoms in total. The second-order valence-corrected chi connectivity index (χ2v) is 4.39. The predicted octanol–water partition coefficient (Wildman–Crippen LogP) is 2.69. The molecule has 0 spiro atoms. The lowest BCUT2D eigenvalue weighted by atomic mass is 10.3. The van der Waals surface area contributed by atoms with Gasteiger partial charge in [0.2, 0.25) is 5.95 Å². The lowest BCUT2D eigenvalue weighted by Gasteiger charge is -2.04. The maximum absolute atomic E-state index is 4.45. The molecule has 0 bridgehead atoms. The summed E-state index contributed by atoms with van der Waals surface area (Å²) >= 11 is 0. The molecule has 3 rings (SSSR count). The summed E-state index contributed by atoms with van der Waals surface area (Å²) < 4.78 is 2.16. The number of imidazole rings is 1. The van der Waals surface area contributed by atoms with E-state index in [1.165, 1.54) is 29.9 Å². The molecule has 1 aliphatic carbocycles. The highest BCUT2D eigenvalue weighted by atomic mass is 15.2. The van der Waals surface area contributed by atoms with Crippen LogP contribution in [0.25, 0.3) is 5.95 Å². The molecule has 0 atom stereocenters. The average molecular weight is 201 g/mol. The number of H-pyrrole nitrogens is 1. The SMILES string of the molecule is Cc1ccc(C)n1-c1ncc(C2CC2)[nH]1. The van der Waals surface area contributed by atoms with Crippen LogP contribution in [0.1, 0.15) is 35.8 Å². The molecule has 78 valence electrons. The van der Waals surface area contributed by atoms with Crippen LogP contribution in [0.4, 0.5) is 0 Å². The molecule has 0 aliphatic heterocycles. The van der Waals surface area contributed by atoms with Gasteiger partial charge >= 0.3 is 0 Å². The summed E-state index contributed by atoms with van der Waals surface area (Å²) in [5.74, 6) is 1.69. The third-order valence-corrected chi connectivity index (χ3v) is 3.08. The summed E-state index contributed by atoms with van der Waals surface area (Å²) in [6, 6.07) is 4.24. The molecule has 2 aromatic heterocycles. The fraction of sp³-hybridized carbons (Fsp3) is 0.417. The molecule has 2 heterocycles. The lowest BCUT2D eigenvalue weighted by molar-refractivity contribution is 0.887. The van der Waals surface area contributed by atoms with Gasteiger partial charge in [-0.15, -0.1) is 0 Å². The van der Waals surface area contributed by atoms with Gasteiger partial charge in [0.05, 0.1) is 6.20 Å². The van der Waals surface area contributed by atoms with Crippen LogP contribution < -0.4 is 0 Å². The van der Waals surface area contributed by atoms with Crippen molar-refractivity contribution in [3.05, 3.63) is 35.4 Å². The van der Waals surface area contributed by atoms with E-state index in [1.807, 2.05) is 6.20 Å². The van der Waals surface area contributed by atoms with E-state index >= 15 is 0 Å². The summed E-state index contributed by atoms with van der Waals surface area (Å²) in [6.07, 6.45) is 4.60. The Balaban J connectivity index is 2.04. The number of hydrogen-bond donors (Lipinski definition) is 1. The Morgan fingerprint density at radius 1 is 1.27 bits per heavy atom. The zero-order chi connectivity index (χ0) is 10.4. The van der Waals surface area contributed by atoms with Gasteiger partial charge in [0, 0.05) is 23.0 Å². The van der Waals surface area contributed by atoms with Crippen LogP contribution in [0, 0.1) is 13.8 Å². The van der Waals surface area contributed by atoms with Crippen molar-refractivity contribution in [2.75, 3.05) is 0 Å². The van der Waals surface area contributed by atoms with Crippen LogP contribution >= 0.6 is 0 Å². The predicted molar refractivity (Wildman–Crippen MR) is 59.4 cm³/mol. The van der Waals surface area contributed by atoms with Crippen molar-refractivity contribution in [2.24, 2.45) is 0 Å². The third-order valence-electron chi connectivity index (χ3n) is 3.08. The molecule has 3 heteroatoms. The van der Waals surface area contributed by atoms with E-state index in [4.69, 9.17) is 0 Å². The number of hydrogen-bond acceptors (Lipinski definition) is 1. The van der Waals surface area contributed by atoms with Crippen LogP contribution in [0.3, 0.4) is 0 Å². The van der Waals surface area contributed by atoms with Gasteiger partial charge in [-0.3, -0.25) is 4.57 Å². The van der Waals surface area contributed by atoms with Gasteiger partial charge in [-0.05, 0) is 38.8 Å². The van der Waals surface area contributed by atoms with Crippen LogP contribution in [0.15, 0.2) is 18.3 Å². The Bertz CT molecular complexity index is 469. The molecule has 0 aromatic carbocycles. The Hall–Kier alpha value is -1.51. The van der Waals surface area contributed by atoms with Crippen molar-refractivity contribution in [3.63, 3.8) is 0 Å². The van der Waals surface area contributed by atoms with Gasteiger partial charge in [0.1, 0.15) is 0 Å². The number of rotatable bonds is 2. The maximum atomic E-state index is 4.45. The molecule has 15 heavy (non-hydrogen) atoms. The first-order valence-corrected chi connectivity index (χ1v) is 5.46. The van der Waals surface area contributed by atoms with Gasteiger partial charge in [-0.2, -0.15) is 0 Å². The first kappa shape index (κ1) is 8.77. The van der Waals surface area contributed by atoms with Crippen molar-refractivity contribution in [1.82, 2.24) is 14.5 Å². The van der Waals surface area contributed by atoms with Gasteiger partial charge in [-0.1, -0.05) is 0 Å². The fourth-order valence-electron chi connectivity index (χ4n) is 2.04. The van der Waals surface area contributed by atoms with Crippen molar-refractivity contribution in [1.29, 1.82) is 0 Å². The quantitative estimate of drug-likeness (QED) is 0.796. The van der Waals surface area contributed by atoms with E-state index in [9.17, 15) is 0 Å². The minimum Gasteiger partial charge on any atom is -0.327 e. The van der Waals surface area contributed by atoms with Crippen molar-refractivity contribution >= 4 is 0 Å². The lowest BCUT2D eigenvalue weighted by Crippen LogP contribution is -2.00. The van der Waals surface area contributed by atoms with Crippen LogP contribution in [-0.4, -0.2) is 14.5 Å². The second kappa shape index (κ2) is 2.99. The van der Waals surface area contributed by atoms with E-state index in [1.54, 1.807) is 0 Å². The summed E-state index contributed by atoms with van der Waals surface area (Å²) in [5.41, 5.74) is 3.74. The zero-order valence-corrected chi connectivity index (χ0v) is 9.12. The summed E-state index contributed by atoms with van der Waals surface area (Å²) in [5, 5.41) is 0. The number of nitrogens with zero attached hydrogens (tertiary/aromatic N) is 2. The summed E-state index contributed by atoms with van der Waals surface area (Å²) in [4.78, 5) is 7.86. The minimum atomic E-state index is 0.738. The van der Waals surface area contributed by atoms with Crippen molar-refractivity contribution in [3.8, 4) is 5.95 Å². The topological polar surface area (TPSA) is 33.6 Å². The van der Waals surface area contributed by atoms with E-state index in [-0.39, 0.29) is 0 Å². The Kier molecular flexibility index (Phi) is 1.75. The van der Waals surface area contributed by atoms with Gasteiger partial charge in [0.25, 0.3) is 0 Å². The average Bonchev–Trinajstić information content (AvgIpc) is 2.87. The summed E-state index contributed by atoms with van der Waals surface area (Å²) in [6.45, 7) is 4.21. The second-order valence-electron chi connectivity index (χ2n) is 4.39. The van der Waals surface area contributed by atoms with E-state index < -0.39 is 0 Å². The highest BCUT2D eigenvalue weighted by Gasteiger charge is 2.25. The molecule has 0 radical (unpaired) electrons. The molecule has 0 saturated heterocycles. The highest BCUT2D eigenvalue weighted by molar-refractivity contribution is 5.28. The molecule has 0 amide bonds. The number of nitrogens with one attached hydrogen (secondary N) is 1. The van der Waals surface area contributed by atoms with E-state index in [2.05, 4.69) is 40.5 Å². The molecule has 1 fully saturated rings. The van der Waals surface area contributed by atoms with Crippen molar-refractivity contribution < 1.29 is 0 Å². The molecular weight excluding hydrogens is 186 g/mol. The highest BCUT2D eigenvalue weighted by Crippen LogP contribution is 2.39. The van der Waals surface area contributed by atoms with Crippen LogP contribution in [0.2, 0.25) is 0 Å². The Morgan fingerprint density at radius 3 is 2.53 bits per heavy atom. The number of aromatic amines is 1. The van der Waals surface area contributed by atoms with E-state index in [0.29, 0.717) is 0 Å². The number of aromatic nitrogens is 3. The van der Waals surface area contributed by atoms with E-state index in [0.717, 1.165) is 11.9 Å². The normalized spacial score (nSPS) is 15.9. The van der Waals surface area contributed by atoms with Gasteiger partial charge in [-0.25, -0.2) is 4.98 Å². The number of aryl methyl sites for hydroxylation is 2. The minimum absolute atomic E-state index is 0.738. The van der Waals surface area contributed by atoms with Crippen LogP contribution in [-0.2, 0) is 0 Å². The van der Waals surface area contributed by atoms with Crippen molar-refractivity contribution in [2.45, 2.75) is 32.6 Å². The smallest absolute Gasteiger partial charge is 0.211 e. The zero-order valence-electron chi connectivity index (χ0n) is 9.12. The molecule has 0 unspecified atom stereocenters. The monoisotopic (exact) mass is 201 g/mol. The molecule has 1 saturated carbocycles.